The van der Waals surface area contributed by atoms with Crippen molar-refractivity contribution in [2.75, 3.05) is 26.2 Å². The first-order valence-electron chi connectivity index (χ1n) is 10.2. The summed E-state index contributed by atoms with van der Waals surface area (Å²) in [7, 11) is -1.96. The second-order valence-electron chi connectivity index (χ2n) is 7.89. The number of hydrogen-bond acceptors (Lipinski definition) is 7. The van der Waals surface area contributed by atoms with Crippen LogP contribution in [0.5, 0.6) is 0 Å². The van der Waals surface area contributed by atoms with Gasteiger partial charge in [-0.3, -0.25) is 4.90 Å². The van der Waals surface area contributed by atoms with E-state index in [1.165, 1.54) is 22.6 Å². The fraction of sp³-hybridized carbons (Fsp3) is 0.450. The van der Waals surface area contributed by atoms with E-state index in [1.807, 2.05) is 11.8 Å². The van der Waals surface area contributed by atoms with Crippen LogP contribution in [-0.4, -0.2) is 63.5 Å². The number of imidazole rings is 1. The first kappa shape index (κ1) is 23.4. The summed E-state index contributed by atoms with van der Waals surface area (Å²) in [5.41, 5.74) is -0.589. The Morgan fingerprint density at radius 2 is 1.82 bits per heavy atom. The van der Waals surface area contributed by atoms with Gasteiger partial charge in [-0.15, -0.1) is 0 Å². The normalized spacial score (nSPS) is 17.4. The summed E-state index contributed by atoms with van der Waals surface area (Å²) in [6.45, 7) is 4.93. The number of benzene rings is 1. The van der Waals surface area contributed by atoms with Crippen molar-refractivity contribution in [1.29, 1.82) is 0 Å². The van der Waals surface area contributed by atoms with E-state index < -0.39 is 21.8 Å². The van der Waals surface area contributed by atoms with E-state index in [2.05, 4.69) is 15.1 Å². The van der Waals surface area contributed by atoms with Crippen LogP contribution >= 0.6 is 0 Å². The molecule has 9 nitrogen and oxygen atoms in total. The zero-order valence-electron chi connectivity index (χ0n) is 18.2. The van der Waals surface area contributed by atoms with Gasteiger partial charge in [-0.2, -0.15) is 22.5 Å². The molecule has 0 N–H and O–H groups in total. The van der Waals surface area contributed by atoms with E-state index in [4.69, 9.17) is 4.52 Å². The summed E-state index contributed by atoms with van der Waals surface area (Å²) in [6.07, 6.45) is -2.97. The van der Waals surface area contributed by atoms with Gasteiger partial charge in [0.1, 0.15) is 5.82 Å². The van der Waals surface area contributed by atoms with Gasteiger partial charge in [0.05, 0.1) is 11.6 Å². The largest absolute Gasteiger partial charge is 0.416 e. The lowest BCUT2D eigenvalue weighted by Gasteiger charge is -2.35. The van der Waals surface area contributed by atoms with Gasteiger partial charge in [0.2, 0.25) is 11.7 Å². The lowest BCUT2D eigenvalue weighted by atomic mass is 10.1. The monoisotopic (exact) mass is 484 g/mol. The molecular formula is C20H23F3N6O3S. The molecule has 0 aliphatic carbocycles. The SMILES string of the molecule is Cc1nc(S(=O)(=O)N2CCN(C(C)c3nc(-c4cccc(C(F)(F)F)c4)no3)CC2)cn1C. The molecule has 33 heavy (non-hydrogen) atoms. The van der Waals surface area contributed by atoms with Gasteiger partial charge in [0.25, 0.3) is 10.0 Å². The molecule has 0 amide bonds. The van der Waals surface area contributed by atoms with Crippen LogP contribution in [0.25, 0.3) is 11.4 Å². The molecule has 3 heterocycles. The smallest absolute Gasteiger partial charge is 0.337 e. The first-order valence-corrected chi connectivity index (χ1v) is 11.7. The summed E-state index contributed by atoms with van der Waals surface area (Å²) in [6, 6.07) is 4.39. The highest BCUT2D eigenvalue weighted by molar-refractivity contribution is 7.89. The van der Waals surface area contributed by atoms with Gasteiger partial charge < -0.3 is 9.09 Å². The Kier molecular flexibility index (Phi) is 6.05. The molecule has 0 saturated carbocycles. The molecule has 0 radical (unpaired) electrons. The minimum absolute atomic E-state index is 0.0200. The molecule has 0 spiro atoms. The average Bonchev–Trinajstić information content (AvgIpc) is 3.40. The van der Waals surface area contributed by atoms with Crippen LogP contribution in [0, 0.1) is 6.92 Å². The second kappa shape index (κ2) is 8.54. The van der Waals surface area contributed by atoms with Crippen molar-refractivity contribution in [3.8, 4) is 11.4 Å². The van der Waals surface area contributed by atoms with Crippen molar-refractivity contribution >= 4 is 10.0 Å². The number of nitrogens with zero attached hydrogens (tertiary/aromatic N) is 6. The van der Waals surface area contributed by atoms with E-state index in [-0.39, 0.29) is 41.4 Å². The lowest BCUT2D eigenvalue weighted by Crippen LogP contribution is -2.49. The maximum Gasteiger partial charge on any atom is 0.416 e. The Bertz CT molecular complexity index is 1230. The van der Waals surface area contributed by atoms with Crippen LogP contribution in [0.1, 0.15) is 30.2 Å². The van der Waals surface area contributed by atoms with E-state index in [1.54, 1.807) is 18.5 Å². The molecule has 1 aliphatic heterocycles. The molecule has 1 atom stereocenters. The molecule has 1 aliphatic rings. The van der Waals surface area contributed by atoms with Gasteiger partial charge >= 0.3 is 6.18 Å². The molecule has 2 aromatic heterocycles. The summed E-state index contributed by atoms with van der Waals surface area (Å²) < 4.78 is 73.0. The van der Waals surface area contributed by atoms with Crippen molar-refractivity contribution in [3.05, 3.63) is 47.7 Å². The van der Waals surface area contributed by atoms with Gasteiger partial charge in [-0.25, -0.2) is 13.4 Å². The van der Waals surface area contributed by atoms with Crippen LogP contribution in [0.15, 0.2) is 40.0 Å². The highest BCUT2D eigenvalue weighted by Gasteiger charge is 2.34. The predicted octanol–water partition coefficient (Wildman–Crippen LogP) is 2.86. The molecular weight excluding hydrogens is 461 g/mol. The van der Waals surface area contributed by atoms with Gasteiger partial charge in [-0.1, -0.05) is 17.3 Å². The van der Waals surface area contributed by atoms with Crippen LogP contribution in [-0.2, 0) is 23.2 Å². The maximum absolute atomic E-state index is 13.0. The van der Waals surface area contributed by atoms with Crippen LogP contribution in [0.3, 0.4) is 0 Å². The van der Waals surface area contributed by atoms with Crippen LogP contribution in [0.2, 0.25) is 0 Å². The number of alkyl halides is 3. The molecule has 1 unspecified atom stereocenters. The topological polar surface area (TPSA) is 97.4 Å². The third-order valence-corrected chi connectivity index (χ3v) is 7.53. The molecule has 4 rings (SSSR count). The number of halogens is 3. The fourth-order valence-corrected chi connectivity index (χ4v) is 5.07. The third-order valence-electron chi connectivity index (χ3n) is 5.76. The summed E-state index contributed by atoms with van der Waals surface area (Å²) in [5.74, 6) is 0.919. The molecule has 178 valence electrons. The van der Waals surface area contributed by atoms with Gasteiger partial charge in [-0.05, 0) is 26.0 Å². The Labute approximate surface area is 188 Å². The van der Waals surface area contributed by atoms with Crippen molar-refractivity contribution in [1.82, 2.24) is 28.9 Å². The van der Waals surface area contributed by atoms with Gasteiger partial charge in [0.15, 0.2) is 5.03 Å². The maximum atomic E-state index is 13.0. The van der Waals surface area contributed by atoms with E-state index in [0.717, 1.165) is 12.1 Å². The van der Waals surface area contributed by atoms with Gasteiger partial charge in [0, 0.05) is 45.0 Å². The summed E-state index contributed by atoms with van der Waals surface area (Å²) in [5, 5.41) is 3.85. The Hall–Kier alpha value is -2.77. The van der Waals surface area contributed by atoms with E-state index in [9.17, 15) is 21.6 Å². The van der Waals surface area contributed by atoms with Crippen LogP contribution < -0.4 is 0 Å². The van der Waals surface area contributed by atoms with Crippen molar-refractivity contribution in [3.63, 3.8) is 0 Å². The Balaban J connectivity index is 1.44. The van der Waals surface area contributed by atoms with E-state index in [0.29, 0.717) is 18.9 Å². The van der Waals surface area contributed by atoms with E-state index >= 15 is 0 Å². The number of aromatic nitrogens is 4. The molecule has 0 bridgehead atoms. The molecule has 1 aromatic carbocycles. The molecule has 13 heteroatoms. The fourth-order valence-electron chi connectivity index (χ4n) is 3.63. The quantitative estimate of drug-likeness (QED) is 0.549. The van der Waals surface area contributed by atoms with Crippen molar-refractivity contribution in [2.24, 2.45) is 7.05 Å². The van der Waals surface area contributed by atoms with Crippen molar-refractivity contribution < 1.29 is 26.1 Å². The number of piperazine rings is 1. The number of hydrogen-bond donors (Lipinski definition) is 0. The number of rotatable bonds is 5. The minimum atomic E-state index is -4.47. The zero-order chi connectivity index (χ0) is 24.0. The lowest BCUT2D eigenvalue weighted by molar-refractivity contribution is -0.137. The Morgan fingerprint density at radius 3 is 2.42 bits per heavy atom. The molecule has 1 fully saturated rings. The number of sulfonamides is 1. The zero-order valence-corrected chi connectivity index (χ0v) is 19.1. The minimum Gasteiger partial charge on any atom is -0.337 e. The predicted molar refractivity (Wildman–Crippen MR) is 111 cm³/mol. The molecule has 1 saturated heterocycles. The highest BCUT2D eigenvalue weighted by Crippen LogP contribution is 2.32. The Morgan fingerprint density at radius 1 is 1.12 bits per heavy atom. The summed E-state index contributed by atoms with van der Waals surface area (Å²) >= 11 is 0. The summed E-state index contributed by atoms with van der Waals surface area (Å²) in [4.78, 5) is 10.4. The first-order chi connectivity index (χ1) is 15.5. The molecule has 3 aromatic rings. The van der Waals surface area contributed by atoms with Crippen molar-refractivity contribution in [2.45, 2.75) is 31.1 Å². The second-order valence-corrected chi connectivity index (χ2v) is 9.77. The van der Waals surface area contributed by atoms with Crippen LogP contribution in [0.4, 0.5) is 13.2 Å². The standard InChI is InChI=1S/C20H23F3N6O3S/c1-13(19-25-18(26-32-19)15-5-4-6-16(11-15)20(21,22)23)28-7-9-29(10-8-28)33(30,31)17-12-27(3)14(2)24-17/h4-6,11-13H,7-10H2,1-3H3. The average molecular weight is 485 g/mol. The highest BCUT2D eigenvalue weighted by atomic mass is 32.2. The third kappa shape index (κ3) is 4.66. The number of aryl methyl sites for hydroxylation is 2.